The van der Waals surface area contributed by atoms with Gasteiger partial charge < -0.3 is 34.2 Å². The third-order valence-corrected chi connectivity index (χ3v) is 11.2. The van der Waals surface area contributed by atoms with Crippen molar-refractivity contribution in [2.24, 2.45) is 5.92 Å². The van der Waals surface area contributed by atoms with E-state index in [2.05, 4.69) is 20.3 Å². The minimum Gasteiger partial charge on any atom is -0.497 e. The highest BCUT2D eigenvalue weighted by molar-refractivity contribution is 7.91. The summed E-state index contributed by atoms with van der Waals surface area (Å²) in [5.41, 5.74) is -1.37. The van der Waals surface area contributed by atoms with Crippen LogP contribution in [-0.4, -0.2) is 90.3 Å². The number of sulfonamides is 1. The maximum atomic E-state index is 14.3. The predicted octanol–water partition coefficient (Wildman–Crippen LogP) is 3.08. The Bertz CT molecular complexity index is 1780. The Hall–Kier alpha value is -4.34. The minimum absolute atomic E-state index is 0.0113. The van der Waals surface area contributed by atoms with Crippen LogP contribution in [0.4, 0.5) is 4.79 Å². The number of fused-ring (bicyclic) bond motifs is 3. The van der Waals surface area contributed by atoms with Crippen molar-refractivity contribution in [1.82, 2.24) is 25.2 Å². The van der Waals surface area contributed by atoms with Crippen molar-refractivity contribution >= 4 is 44.9 Å². The zero-order valence-electron chi connectivity index (χ0n) is 28.7. The number of aromatic nitrogens is 1. The minimum atomic E-state index is -3.88. The number of oxazole rings is 1. The molecule has 6 rings (SSSR count). The fourth-order valence-electron chi connectivity index (χ4n) is 6.50. The second kappa shape index (κ2) is 13.8. The summed E-state index contributed by atoms with van der Waals surface area (Å²) >= 11 is 0. The van der Waals surface area contributed by atoms with Crippen LogP contribution >= 0.6 is 0 Å². The predicted molar refractivity (Wildman–Crippen MR) is 180 cm³/mol. The van der Waals surface area contributed by atoms with Gasteiger partial charge in [-0.25, -0.2) is 13.2 Å². The Balaban J connectivity index is 1.28. The fraction of sp³-hybridized carbons (Fsp3) is 0.618. The summed E-state index contributed by atoms with van der Waals surface area (Å²) in [7, 11) is -2.35. The van der Waals surface area contributed by atoms with Crippen LogP contribution in [0.1, 0.15) is 78.6 Å². The lowest BCUT2D eigenvalue weighted by Gasteiger charge is -2.30. The molecule has 0 unspecified atom stereocenters. The number of hydrogen-bond donors (Lipinski definition) is 3. The van der Waals surface area contributed by atoms with E-state index >= 15 is 0 Å². The zero-order valence-corrected chi connectivity index (χ0v) is 29.5. The molecule has 2 aliphatic carbocycles. The first-order valence-corrected chi connectivity index (χ1v) is 18.7. The molecule has 3 fully saturated rings. The van der Waals surface area contributed by atoms with Crippen LogP contribution in [0, 0.1) is 5.92 Å². The maximum Gasteiger partial charge on any atom is 0.408 e. The largest absolute Gasteiger partial charge is 0.497 e. The van der Waals surface area contributed by atoms with Crippen LogP contribution in [0.25, 0.3) is 11.1 Å². The summed E-state index contributed by atoms with van der Waals surface area (Å²) in [5.74, 6) is -1.81. The molecule has 1 aromatic carbocycles. The van der Waals surface area contributed by atoms with Gasteiger partial charge in [0, 0.05) is 18.4 Å². The molecule has 3 N–H and O–H groups in total. The van der Waals surface area contributed by atoms with Gasteiger partial charge in [-0.2, -0.15) is 4.98 Å². The highest BCUT2D eigenvalue weighted by Crippen LogP contribution is 2.46. The Kier molecular flexibility index (Phi) is 9.76. The van der Waals surface area contributed by atoms with Gasteiger partial charge in [0.2, 0.25) is 21.8 Å². The molecule has 15 nitrogen and oxygen atoms in total. The highest BCUT2D eigenvalue weighted by Gasteiger charge is 2.62. The van der Waals surface area contributed by atoms with Gasteiger partial charge in [0.25, 0.3) is 5.91 Å². The lowest BCUT2D eigenvalue weighted by Crippen LogP contribution is -2.58. The summed E-state index contributed by atoms with van der Waals surface area (Å²) in [6.45, 7) is 5.10. The van der Waals surface area contributed by atoms with Crippen LogP contribution in [0.3, 0.4) is 0 Å². The molecular weight excluding hydrogens is 670 g/mol. The molecule has 2 aliphatic heterocycles. The summed E-state index contributed by atoms with van der Waals surface area (Å²) < 4.78 is 50.3. The van der Waals surface area contributed by atoms with E-state index in [9.17, 15) is 27.6 Å². The molecule has 2 saturated carbocycles. The first-order valence-electron chi connectivity index (χ1n) is 17.1. The molecule has 1 saturated heterocycles. The second-order valence-electron chi connectivity index (χ2n) is 14.5. The molecule has 50 heavy (non-hydrogen) atoms. The number of nitrogens with zero attached hydrogens (tertiary/aromatic N) is 2. The Labute approximate surface area is 290 Å². The van der Waals surface area contributed by atoms with Gasteiger partial charge >= 0.3 is 12.2 Å². The van der Waals surface area contributed by atoms with Gasteiger partial charge in [-0.3, -0.25) is 19.1 Å². The summed E-state index contributed by atoms with van der Waals surface area (Å²) in [5, 5.41) is 4.92. The van der Waals surface area contributed by atoms with Gasteiger partial charge in [-0.15, -0.1) is 0 Å². The lowest BCUT2D eigenvalue weighted by molar-refractivity contribution is -0.141. The molecular formula is C34H45N5O10S. The van der Waals surface area contributed by atoms with Crippen molar-refractivity contribution in [3.63, 3.8) is 0 Å². The van der Waals surface area contributed by atoms with E-state index in [1.807, 2.05) is 12.2 Å². The van der Waals surface area contributed by atoms with E-state index in [0.717, 1.165) is 12.8 Å². The molecule has 1 aromatic heterocycles. The number of alkyl carbamates (subject to hydrolysis) is 1. The van der Waals surface area contributed by atoms with Crippen molar-refractivity contribution in [2.75, 3.05) is 13.7 Å². The zero-order chi connectivity index (χ0) is 35.8. The number of rotatable bonds is 7. The Morgan fingerprint density at radius 3 is 2.62 bits per heavy atom. The topological polar surface area (TPSA) is 195 Å². The van der Waals surface area contributed by atoms with E-state index in [0.29, 0.717) is 49.0 Å². The van der Waals surface area contributed by atoms with E-state index in [-0.39, 0.29) is 25.5 Å². The Morgan fingerprint density at radius 2 is 1.90 bits per heavy atom. The summed E-state index contributed by atoms with van der Waals surface area (Å²) in [6, 6.07) is 2.95. The van der Waals surface area contributed by atoms with E-state index in [4.69, 9.17) is 18.6 Å². The summed E-state index contributed by atoms with van der Waals surface area (Å²) in [4.78, 5) is 60.7. The monoisotopic (exact) mass is 715 g/mol. The molecule has 16 heteroatoms. The number of amides is 4. The number of methoxy groups -OCH3 is 1. The molecule has 0 radical (unpaired) electrons. The number of allylic oxidation sites excluding steroid dienone is 1. The molecule has 2 aromatic rings. The molecule has 4 aliphatic rings. The summed E-state index contributed by atoms with van der Waals surface area (Å²) in [6.07, 6.45) is 6.52. The third-order valence-electron chi connectivity index (χ3n) is 9.38. The molecule has 0 bridgehead atoms. The van der Waals surface area contributed by atoms with Crippen molar-refractivity contribution in [3.8, 4) is 11.8 Å². The van der Waals surface area contributed by atoms with Crippen molar-refractivity contribution in [2.45, 2.75) is 113 Å². The Morgan fingerprint density at radius 1 is 1.12 bits per heavy atom. The highest BCUT2D eigenvalue weighted by atomic mass is 32.2. The number of nitrogens with one attached hydrogen (secondary N) is 3. The number of carbonyl (C=O) groups excluding carboxylic acids is 4. The van der Waals surface area contributed by atoms with E-state index < -0.39 is 74.3 Å². The van der Waals surface area contributed by atoms with Crippen LogP contribution in [-0.2, 0) is 29.1 Å². The number of ether oxygens (including phenoxy) is 3. The van der Waals surface area contributed by atoms with E-state index in [1.54, 1.807) is 39.0 Å². The molecule has 0 spiro atoms. The standard InChI is InChI=1S/C34H45N5O10S/c1-33(2,3)49-31(43)35-24-11-9-7-5-6-8-10-20-18-34(20,30(42)38-50(44,45)23-13-14-23)37-28(40)26-17-22(19-39(26)29(24)41)47-32-36-25-16-21(46-4)12-15-27(25)48-32/h8,10,12,15-16,20,22-24,26H,5-7,9,11,13-14,17-19H2,1-4H3,(H,35,43)(H,37,40)(H,38,42)/t20-,22-,24+,26+,34-/m1/s1. The molecule has 3 heterocycles. The first-order chi connectivity index (χ1) is 23.7. The molecule has 272 valence electrons. The second-order valence-corrected chi connectivity index (χ2v) is 16.5. The SMILES string of the molecule is COc1ccc2oc(O[C@@H]3C[C@H]4C(=O)N[C@]5(C(=O)NS(=O)(=O)C6CC6)C[C@H]5C=CCCCCC[C@H](NC(=O)OC(C)(C)C)C(=O)N4C3)nc2c1. The number of hydrogen-bond acceptors (Lipinski definition) is 11. The van der Waals surface area contributed by atoms with Crippen LogP contribution in [0.2, 0.25) is 0 Å². The quantitative estimate of drug-likeness (QED) is 0.357. The third kappa shape index (κ3) is 8.00. The van der Waals surface area contributed by atoms with Crippen molar-refractivity contribution in [1.29, 1.82) is 0 Å². The molecule has 4 amide bonds. The smallest absolute Gasteiger partial charge is 0.408 e. The van der Waals surface area contributed by atoms with Gasteiger partial charge in [0.15, 0.2) is 5.58 Å². The molecule has 5 atom stereocenters. The number of benzene rings is 1. The van der Waals surface area contributed by atoms with Crippen LogP contribution in [0.15, 0.2) is 34.8 Å². The maximum absolute atomic E-state index is 14.3. The van der Waals surface area contributed by atoms with E-state index in [1.165, 1.54) is 12.0 Å². The lowest BCUT2D eigenvalue weighted by atomic mass is 10.0. The average molecular weight is 716 g/mol. The van der Waals surface area contributed by atoms with Gasteiger partial charge in [0.05, 0.1) is 18.9 Å². The number of carbonyl (C=O) groups is 4. The van der Waals surface area contributed by atoms with Crippen LogP contribution < -0.4 is 24.8 Å². The van der Waals surface area contributed by atoms with Crippen molar-refractivity contribution in [3.05, 3.63) is 30.4 Å². The normalized spacial score (nSPS) is 27.6. The van der Waals surface area contributed by atoms with Crippen molar-refractivity contribution < 1.29 is 46.2 Å². The first kappa shape index (κ1) is 35.5. The van der Waals surface area contributed by atoms with Gasteiger partial charge in [-0.1, -0.05) is 25.0 Å². The van der Waals surface area contributed by atoms with Gasteiger partial charge in [0.1, 0.15) is 40.6 Å². The fourth-order valence-corrected chi connectivity index (χ4v) is 7.87. The van der Waals surface area contributed by atoms with Crippen LogP contribution in [0.5, 0.6) is 11.8 Å². The average Bonchev–Trinajstić information content (AvgIpc) is 3.93. The van der Waals surface area contributed by atoms with Gasteiger partial charge in [-0.05, 0) is 71.4 Å².